The average Bonchev–Trinajstić information content (AvgIpc) is 2.85. The fraction of sp³-hybridized carbons (Fsp3) is 0. The number of benzene rings is 4. The lowest BCUT2D eigenvalue weighted by atomic mass is 10.0. The van der Waals surface area contributed by atoms with E-state index in [4.69, 9.17) is 4.98 Å². The van der Waals surface area contributed by atoms with Gasteiger partial charge >= 0.3 is 0 Å². The van der Waals surface area contributed by atoms with Crippen molar-refractivity contribution in [2.45, 2.75) is 0 Å². The molecule has 5 rings (SSSR count). The molecule has 0 N–H and O–H groups in total. The Labute approximate surface area is 195 Å². The molecule has 0 radical (unpaired) electrons. The minimum absolute atomic E-state index is 0.744. The Bertz CT molecular complexity index is 1200. The van der Waals surface area contributed by atoms with Gasteiger partial charge in [0.05, 0.1) is 5.69 Å². The van der Waals surface area contributed by atoms with Gasteiger partial charge in [0.15, 0.2) is 5.82 Å². The van der Waals surface area contributed by atoms with Gasteiger partial charge in [0, 0.05) is 11.1 Å². The van der Waals surface area contributed by atoms with E-state index in [1.165, 1.54) is 22.3 Å². The third kappa shape index (κ3) is 4.42. The second kappa shape index (κ2) is 8.82. The maximum Gasteiger partial charge on any atom is 0.160 e. The zero-order valence-corrected chi connectivity index (χ0v) is 18.9. The summed E-state index contributed by atoms with van der Waals surface area (Å²) in [6, 6.07) is 39.8. The highest BCUT2D eigenvalue weighted by Crippen LogP contribution is 2.28. The highest BCUT2D eigenvalue weighted by molar-refractivity contribution is 14.1. The average molecular weight is 510 g/mol. The summed E-state index contributed by atoms with van der Waals surface area (Å²) < 4.78 is 0.928. The van der Waals surface area contributed by atoms with Crippen molar-refractivity contribution in [3.8, 4) is 44.9 Å². The molecule has 0 aliphatic carbocycles. The Morgan fingerprint density at radius 2 is 0.839 bits per heavy atom. The van der Waals surface area contributed by atoms with Crippen molar-refractivity contribution in [3.63, 3.8) is 0 Å². The summed E-state index contributed by atoms with van der Waals surface area (Å²) in [5.41, 5.74) is 7.84. The van der Waals surface area contributed by atoms with E-state index in [-0.39, 0.29) is 0 Å². The molecular weight excluding hydrogens is 491 g/mol. The summed E-state index contributed by atoms with van der Waals surface area (Å²) >= 11 is 2.27. The van der Waals surface area contributed by atoms with Crippen molar-refractivity contribution in [3.05, 3.63) is 119 Å². The van der Waals surface area contributed by atoms with Crippen LogP contribution in [0.2, 0.25) is 0 Å². The van der Waals surface area contributed by atoms with Crippen LogP contribution in [0.3, 0.4) is 0 Å². The molecule has 4 aromatic carbocycles. The van der Waals surface area contributed by atoms with Gasteiger partial charge in [-0.05, 0) is 50.9 Å². The Morgan fingerprint density at radius 1 is 0.419 bits per heavy atom. The van der Waals surface area contributed by atoms with Crippen molar-refractivity contribution < 1.29 is 0 Å². The van der Waals surface area contributed by atoms with Crippen LogP contribution in [0.15, 0.2) is 115 Å². The Morgan fingerprint density at radius 3 is 1.35 bits per heavy atom. The van der Waals surface area contributed by atoms with Gasteiger partial charge in [0.25, 0.3) is 0 Å². The van der Waals surface area contributed by atoms with E-state index in [9.17, 15) is 0 Å². The van der Waals surface area contributed by atoms with Crippen LogP contribution in [0.5, 0.6) is 0 Å². The van der Waals surface area contributed by atoms with Gasteiger partial charge in [-0.25, -0.2) is 9.97 Å². The summed E-state index contributed by atoms with van der Waals surface area (Å²) in [7, 11) is 0. The molecule has 0 aliphatic heterocycles. The summed E-state index contributed by atoms with van der Waals surface area (Å²) in [6.45, 7) is 0. The van der Waals surface area contributed by atoms with Gasteiger partial charge in [-0.15, -0.1) is 0 Å². The number of halogens is 1. The van der Waals surface area contributed by atoms with E-state index in [2.05, 4.69) is 125 Å². The third-order valence-electron chi connectivity index (χ3n) is 5.23. The first-order chi connectivity index (χ1) is 15.3. The van der Waals surface area contributed by atoms with Gasteiger partial charge in [0.2, 0.25) is 0 Å². The molecule has 0 fully saturated rings. The quantitative estimate of drug-likeness (QED) is 0.183. The number of hydrogen-bond donors (Lipinski definition) is 0. The summed E-state index contributed by atoms with van der Waals surface area (Å²) in [4.78, 5) is 9.54. The minimum atomic E-state index is 0.744. The predicted molar refractivity (Wildman–Crippen MR) is 136 cm³/mol. The zero-order chi connectivity index (χ0) is 21.0. The third-order valence-corrected chi connectivity index (χ3v) is 5.79. The van der Waals surface area contributed by atoms with Crippen LogP contribution in [0.1, 0.15) is 0 Å². The molecule has 0 bridgehead atoms. The monoisotopic (exact) mass is 510 g/mol. The first-order valence-electron chi connectivity index (χ1n) is 10.1. The molecular formula is C28H19IN2. The highest BCUT2D eigenvalue weighted by atomic mass is 127. The van der Waals surface area contributed by atoms with Gasteiger partial charge < -0.3 is 0 Å². The number of rotatable bonds is 4. The minimum Gasteiger partial charge on any atom is -0.228 e. The molecule has 0 atom stereocenters. The maximum absolute atomic E-state index is 4.86. The van der Waals surface area contributed by atoms with Gasteiger partial charge in [-0.3, -0.25) is 0 Å². The van der Waals surface area contributed by atoms with Crippen molar-refractivity contribution in [2.75, 3.05) is 0 Å². The van der Waals surface area contributed by atoms with Crippen molar-refractivity contribution in [1.29, 1.82) is 0 Å². The smallest absolute Gasteiger partial charge is 0.160 e. The molecule has 148 valence electrons. The van der Waals surface area contributed by atoms with E-state index >= 15 is 0 Å². The molecule has 0 saturated carbocycles. The fourth-order valence-corrected chi connectivity index (χ4v) is 4.12. The van der Waals surface area contributed by atoms with Crippen LogP contribution in [-0.2, 0) is 0 Å². The van der Waals surface area contributed by atoms with Crippen molar-refractivity contribution in [2.24, 2.45) is 0 Å². The molecule has 1 heterocycles. The second-order valence-corrected chi connectivity index (χ2v) is 8.39. The zero-order valence-electron chi connectivity index (χ0n) is 16.7. The van der Waals surface area contributed by atoms with Crippen LogP contribution < -0.4 is 0 Å². The molecule has 0 amide bonds. The number of nitrogens with zero attached hydrogens (tertiary/aromatic N) is 2. The van der Waals surface area contributed by atoms with E-state index in [0.29, 0.717) is 0 Å². The Balaban J connectivity index is 1.45. The second-order valence-electron chi connectivity index (χ2n) is 7.29. The van der Waals surface area contributed by atoms with Crippen LogP contribution in [-0.4, -0.2) is 9.97 Å². The molecule has 3 heteroatoms. The lowest BCUT2D eigenvalue weighted by Gasteiger charge is -2.08. The summed E-state index contributed by atoms with van der Waals surface area (Å²) in [5, 5.41) is 0. The van der Waals surface area contributed by atoms with Crippen LogP contribution in [0.4, 0.5) is 0 Å². The van der Waals surface area contributed by atoms with Gasteiger partial charge in [-0.2, -0.15) is 0 Å². The van der Waals surface area contributed by atoms with E-state index in [1.807, 2.05) is 18.2 Å². The fourth-order valence-electron chi connectivity index (χ4n) is 3.60. The van der Waals surface area contributed by atoms with Crippen LogP contribution >= 0.6 is 22.6 Å². The normalized spacial score (nSPS) is 10.7. The molecule has 2 nitrogen and oxygen atoms in total. The summed E-state index contributed by atoms with van der Waals surface area (Å²) in [5.74, 6) is 0.744. The lowest BCUT2D eigenvalue weighted by Crippen LogP contribution is -1.95. The predicted octanol–water partition coefficient (Wildman–Crippen LogP) is 7.75. The molecule has 0 aliphatic rings. The largest absolute Gasteiger partial charge is 0.228 e. The van der Waals surface area contributed by atoms with Crippen LogP contribution in [0, 0.1) is 3.70 Å². The maximum atomic E-state index is 4.86. The number of hydrogen-bond acceptors (Lipinski definition) is 2. The van der Waals surface area contributed by atoms with Gasteiger partial charge in [-0.1, -0.05) is 109 Å². The van der Waals surface area contributed by atoms with Crippen LogP contribution in [0.25, 0.3) is 44.9 Å². The number of aromatic nitrogens is 2. The first-order valence-corrected chi connectivity index (χ1v) is 11.2. The Kier molecular flexibility index (Phi) is 5.59. The standard InChI is InChI=1S/C28H19IN2/c29-27-19-26(24-15-11-22(12-16-24)20-7-3-1-4-8-20)30-28(31-27)25-17-13-23(14-18-25)21-9-5-2-6-10-21/h1-19H. The van der Waals surface area contributed by atoms with Gasteiger partial charge in [0.1, 0.15) is 3.70 Å². The van der Waals surface area contributed by atoms with E-state index < -0.39 is 0 Å². The summed E-state index contributed by atoms with van der Waals surface area (Å²) in [6.07, 6.45) is 0. The topological polar surface area (TPSA) is 25.8 Å². The molecule has 0 saturated heterocycles. The van der Waals surface area contributed by atoms with Crippen molar-refractivity contribution >= 4 is 22.6 Å². The molecule has 0 spiro atoms. The molecule has 31 heavy (non-hydrogen) atoms. The van der Waals surface area contributed by atoms with E-state index in [1.54, 1.807) is 0 Å². The first kappa shape index (κ1) is 19.6. The molecule has 5 aromatic rings. The van der Waals surface area contributed by atoms with E-state index in [0.717, 1.165) is 26.3 Å². The lowest BCUT2D eigenvalue weighted by molar-refractivity contribution is 1.15. The van der Waals surface area contributed by atoms with Crippen molar-refractivity contribution in [1.82, 2.24) is 9.97 Å². The molecule has 1 aromatic heterocycles. The Hall–Kier alpha value is -3.31. The molecule has 0 unspecified atom stereocenters. The SMILES string of the molecule is Ic1cc(-c2ccc(-c3ccccc3)cc2)nc(-c2ccc(-c3ccccc3)cc2)n1. The highest BCUT2D eigenvalue weighted by Gasteiger charge is 2.09.